The van der Waals surface area contributed by atoms with Gasteiger partial charge in [-0.25, -0.2) is 4.79 Å². The lowest BCUT2D eigenvalue weighted by Crippen LogP contribution is -2.70. The lowest BCUT2D eigenvalue weighted by atomic mass is 9.96. The van der Waals surface area contributed by atoms with Crippen LogP contribution in [0.2, 0.25) is 0 Å². The number of thiol groups is 1. The Morgan fingerprint density at radius 1 is 1.36 bits per heavy atom. The number of carboxylic acid groups (broad SMARTS) is 1. The first-order chi connectivity index (χ1) is 11.7. The number of aliphatic carboxylic acids is 1. The molecule has 0 saturated carbocycles. The van der Waals surface area contributed by atoms with Crippen molar-refractivity contribution >= 4 is 53.9 Å². The van der Waals surface area contributed by atoms with Crippen molar-refractivity contribution in [2.45, 2.75) is 45.8 Å². The predicted molar refractivity (Wildman–Crippen MR) is 100 cm³/mol. The van der Waals surface area contributed by atoms with Crippen LogP contribution in [0.25, 0.3) is 0 Å². The van der Waals surface area contributed by atoms with Gasteiger partial charge in [-0.05, 0) is 38.1 Å². The highest BCUT2D eigenvalue weighted by atomic mass is 32.2. The summed E-state index contributed by atoms with van der Waals surface area (Å²) < 4.78 is -0.588. The number of fused-ring (bicyclic) bond motifs is 1. The van der Waals surface area contributed by atoms with Crippen molar-refractivity contribution in [1.29, 1.82) is 0 Å². The van der Waals surface area contributed by atoms with Crippen LogP contribution in [0.15, 0.2) is 34.1 Å². The maximum Gasteiger partial charge on any atom is 0.327 e. The van der Waals surface area contributed by atoms with Gasteiger partial charge in [0.25, 0.3) is 0 Å². The molecule has 6 nitrogen and oxygen atoms in total. The normalized spacial score (nSPS) is 26.8. The molecule has 2 aliphatic heterocycles. The molecule has 2 fully saturated rings. The van der Waals surface area contributed by atoms with Gasteiger partial charge in [0.1, 0.15) is 17.5 Å². The summed E-state index contributed by atoms with van der Waals surface area (Å²) >= 11 is 7.00. The van der Waals surface area contributed by atoms with E-state index in [4.69, 9.17) is 0 Å². The molecule has 0 aromatic heterocycles. The van der Waals surface area contributed by atoms with Gasteiger partial charge in [-0.3, -0.25) is 9.59 Å². The maximum absolute atomic E-state index is 12.3. The highest BCUT2D eigenvalue weighted by Gasteiger charge is 2.64. The molecule has 134 valence electrons. The van der Waals surface area contributed by atoms with E-state index in [0.717, 1.165) is 9.79 Å². The van der Waals surface area contributed by atoms with Crippen molar-refractivity contribution in [3.8, 4) is 0 Å². The summed E-state index contributed by atoms with van der Waals surface area (Å²) in [5.41, 5.74) is 0. The molecule has 2 N–H and O–H groups in total. The minimum atomic E-state index is -1.01. The van der Waals surface area contributed by atoms with Crippen molar-refractivity contribution < 1.29 is 19.5 Å². The van der Waals surface area contributed by atoms with Gasteiger partial charge >= 0.3 is 5.97 Å². The zero-order chi connectivity index (χ0) is 18.4. The maximum atomic E-state index is 12.3. The highest BCUT2D eigenvalue weighted by molar-refractivity contribution is 8.01. The fourth-order valence-electron chi connectivity index (χ4n) is 3.05. The number of thioether (sulfide) groups is 2. The van der Waals surface area contributed by atoms with E-state index in [1.165, 1.54) is 28.4 Å². The molecule has 25 heavy (non-hydrogen) atoms. The van der Waals surface area contributed by atoms with Crippen LogP contribution < -0.4 is 5.32 Å². The lowest BCUT2D eigenvalue weighted by molar-refractivity contribution is -0.160. The molecule has 0 bridgehead atoms. The Kier molecular flexibility index (Phi) is 5.00. The molecule has 1 aromatic rings. The minimum absolute atomic E-state index is 0.193. The minimum Gasteiger partial charge on any atom is -0.480 e. The second-order valence-corrected chi connectivity index (χ2v) is 9.76. The summed E-state index contributed by atoms with van der Waals surface area (Å²) in [5.74, 6) is -1.39. The summed E-state index contributed by atoms with van der Waals surface area (Å²) in [7, 11) is 0. The molecule has 2 saturated heterocycles. The van der Waals surface area contributed by atoms with Crippen molar-refractivity contribution in [2.75, 3.05) is 5.75 Å². The van der Waals surface area contributed by atoms with Crippen molar-refractivity contribution in [3.63, 3.8) is 0 Å². The number of carbonyl (C=O) groups is 3. The number of amides is 2. The van der Waals surface area contributed by atoms with Crippen molar-refractivity contribution in [2.24, 2.45) is 0 Å². The van der Waals surface area contributed by atoms with Gasteiger partial charge in [0.15, 0.2) is 0 Å². The number of carbonyl (C=O) groups excluding carboxylic acids is 2. The Morgan fingerprint density at radius 2 is 2.00 bits per heavy atom. The molecule has 9 heteroatoms. The third-order valence-electron chi connectivity index (χ3n) is 4.20. The van der Waals surface area contributed by atoms with Crippen LogP contribution in [0.1, 0.15) is 13.8 Å². The SMILES string of the molecule is CC1(C)S[C@@H]2[C@H](NC(=O)CSc3ccc(S)cc3)C(=O)N2[C@H]1C(=O)O. The first-order valence-electron chi connectivity index (χ1n) is 7.65. The molecule has 2 aliphatic rings. The summed E-state index contributed by atoms with van der Waals surface area (Å²) in [6.07, 6.45) is 0. The molecule has 1 aromatic carbocycles. The Balaban J connectivity index is 1.57. The van der Waals surface area contributed by atoms with Gasteiger partial charge in [-0.1, -0.05) is 0 Å². The van der Waals surface area contributed by atoms with Crippen LogP contribution in [-0.2, 0) is 14.4 Å². The van der Waals surface area contributed by atoms with Crippen molar-refractivity contribution in [3.05, 3.63) is 24.3 Å². The monoisotopic (exact) mass is 398 g/mol. The number of hydrogen-bond acceptors (Lipinski definition) is 6. The molecule has 0 aliphatic carbocycles. The van der Waals surface area contributed by atoms with E-state index in [9.17, 15) is 19.5 Å². The summed E-state index contributed by atoms with van der Waals surface area (Å²) in [6.45, 7) is 3.61. The molecule has 0 unspecified atom stereocenters. The number of β-lactam (4-membered cyclic amide) rings is 1. The third-order valence-corrected chi connectivity index (χ3v) is 7.08. The summed E-state index contributed by atoms with van der Waals surface area (Å²) in [6, 6.07) is 5.94. The standard InChI is InChI=1S/C16H18N2O4S3/c1-16(2)12(15(21)22)18-13(20)11(14(18)25-16)17-10(19)7-24-9-5-3-8(23)4-6-9/h3-6,11-12,14,23H,7H2,1-2H3,(H,17,19)(H,21,22)/t11-,12+,14-/m1/s1. The Bertz CT molecular complexity index is 723. The van der Waals surface area contributed by atoms with Gasteiger partial charge < -0.3 is 15.3 Å². The average Bonchev–Trinajstić information content (AvgIpc) is 2.80. The van der Waals surface area contributed by atoms with Crippen molar-refractivity contribution in [1.82, 2.24) is 10.2 Å². The zero-order valence-electron chi connectivity index (χ0n) is 13.6. The molecular weight excluding hydrogens is 380 g/mol. The molecular formula is C16H18N2O4S3. The number of nitrogens with one attached hydrogen (secondary N) is 1. The Labute approximate surface area is 159 Å². The average molecular weight is 399 g/mol. The van der Waals surface area contributed by atoms with E-state index in [2.05, 4.69) is 17.9 Å². The number of hydrogen-bond donors (Lipinski definition) is 3. The zero-order valence-corrected chi connectivity index (χ0v) is 16.2. The van der Waals surface area contributed by atoms with E-state index in [1.54, 1.807) is 0 Å². The lowest BCUT2D eigenvalue weighted by Gasteiger charge is -2.43. The molecule has 2 heterocycles. The fraction of sp³-hybridized carbons (Fsp3) is 0.438. The fourth-order valence-corrected chi connectivity index (χ4v) is 5.54. The topological polar surface area (TPSA) is 86.7 Å². The quantitative estimate of drug-likeness (QED) is 0.398. The predicted octanol–water partition coefficient (Wildman–Crippen LogP) is 1.70. The molecule has 0 spiro atoms. The highest BCUT2D eigenvalue weighted by Crippen LogP contribution is 2.50. The summed E-state index contributed by atoms with van der Waals surface area (Å²) in [5, 5.41) is 11.8. The molecule has 3 rings (SSSR count). The number of carboxylic acids is 1. The molecule has 0 radical (unpaired) electrons. The molecule has 2 amide bonds. The largest absolute Gasteiger partial charge is 0.480 e. The van der Waals surface area contributed by atoms with E-state index in [0.29, 0.717) is 0 Å². The van der Waals surface area contributed by atoms with Gasteiger partial charge in [0.05, 0.1) is 5.75 Å². The number of rotatable bonds is 5. The van der Waals surface area contributed by atoms with Crippen LogP contribution in [0.4, 0.5) is 0 Å². The van der Waals surface area contributed by atoms with Crippen LogP contribution in [0.5, 0.6) is 0 Å². The van der Waals surface area contributed by atoms with Gasteiger partial charge in [0, 0.05) is 14.5 Å². The Hall–Kier alpha value is -1.32. The smallest absolute Gasteiger partial charge is 0.327 e. The first kappa shape index (κ1) is 18.5. The van der Waals surface area contributed by atoms with Crippen LogP contribution in [0.3, 0.4) is 0 Å². The van der Waals surface area contributed by atoms with Gasteiger partial charge in [-0.15, -0.1) is 36.2 Å². The van der Waals surface area contributed by atoms with E-state index in [1.807, 2.05) is 38.1 Å². The second kappa shape index (κ2) is 6.77. The summed E-state index contributed by atoms with van der Waals surface area (Å²) in [4.78, 5) is 39.1. The van der Waals surface area contributed by atoms with Crippen LogP contribution in [-0.4, -0.2) is 55.7 Å². The second-order valence-electron chi connectivity index (χ2n) is 6.43. The number of benzene rings is 1. The number of nitrogens with zero attached hydrogens (tertiary/aromatic N) is 1. The van der Waals surface area contributed by atoms with Gasteiger partial charge in [-0.2, -0.15) is 0 Å². The van der Waals surface area contributed by atoms with E-state index < -0.39 is 22.8 Å². The Morgan fingerprint density at radius 3 is 2.60 bits per heavy atom. The van der Waals surface area contributed by atoms with Gasteiger partial charge in [0.2, 0.25) is 11.8 Å². The van der Waals surface area contributed by atoms with Crippen LogP contribution >= 0.6 is 36.2 Å². The van der Waals surface area contributed by atoms with Crippen LogP contribution in [0, 0.1) is 0 Å². The first-order valence-corrected chi connectivity index (χ1v) is 9.96. The third kappa shape index (κ3) is 3.50. The molecule has 3 atom stereocenters. The van der Waals surface area contributed by atoms with E-state index in [-0.39, 0.29) is 22.9 Å². The van der Waals surface area contributed by atoms with E-state index >= 15 is 0 Å².